The minimum absolute atomic E-state index is 0.223. The molecule has 0 aliphatic carbocycles. The van der Waals surface area contributed by atoms with Crippen molar-refractivity contribution in [1.29, 1.82) is 0 Å². The van der Waals surface area contributed by atoms with Gasteiger partial charge in [-0.25, -0.2) is 22.8 Å². The average molecular weight is 657 g/mol. The third-order valence-electron chi connectivity index (χ3n) is 5.44. The van der Waals surface area contributed by atoms with E-state index in [0.29, 0.717) is 4.90 Å². The Morgan fingerprint density at radius 1 is 0.818 bits per heavy atom. The van der Waals surface area contributed by atoms with E-state index in [0.717, 1.165) is 12.2 Å². The van der Waals surface area contributed by atoms with E-state index in [2.05, 4.69) is 4.74 Å². The van der Waals surface area contributed by atoms with Gasteiger partial charge in [-0.05, 0) is 62.3 Å². The number of carbonyl (C=O) groups is 4. The van der Waals surface area contributed by atoms with Gasteiger partial charge in [0, 0.05) is 12.2 Å². The summed E-state index contributed by atoms with van der Waals surface area (Å²) in [6.45, 7) is 11.7. The molecule has 44 heavy (non-hydrogen) atoms. The zero-order chi connectivity index (χ0) is 34.2. The molecule has 17 heteroatoms. The highest BCUT2D eigenvalue weighted by molar-refractivity contribution is 7.55. The Balaban J connectivity index is 2.59. The van der Waals surface area contributed by atoms with E-state index in [1.165, 1.54) is 41.5 Å². The molecule has 0 saturated heterocycles. The quantitative estimate of drug-likeness (QED) is 0.0488. The van der Waals surface area contributed by atoms with E-state index in [9.17, 15) is 45.7 Å². The Bertz CT molecular complexity index is 1370. The molecular weight excluding hydrogens is 622 g/mol. The third kappa shape index (κ3) is 8.63. The second-order valence-corrected chi connectivity index (χ2v) is 15.3. The van der Waals surface area contributed by atoms with Gasteiger partial charge in [-0.1, -0.05) is 0 Å². The maximum absolute atomic E-state index is 14.3. The molecule has 0 bridgehead atoms. The fourth-order valence-corrected chi connectivity index (χ4v) is 5.13. The molecule has 11 nitrogen and oxygen atoms in total. The highest BCUT2D eigenvalue weighted by atomic mass is 31.2. The molecule has 0 fully saturated rings. The van der Waals surface area contributed by atoms with Gasteiger partial charge in [-0.3, -0.25) is 28.5 Å². The molecule has 246 valence electrons. The Labute approximate surface area is 250 Å². The molecular formula is C27H34F5N2O9P. The first-order chi connectivity index (χ1) is 19.8. The molecule has 0 saturated carbocycles. The molecule has 1 heterocycles. The zero-order valence-corrected chi connectivity index (χ0v) is 26.4. The predicted octanol–water partition coefficient (Wildman–Crippen LogP) is 5.60. The van der Waals surface area contributed by atoms with Crippen molar-refractivity contribution in [3.63, 3.8) is 0 Å². The molecule has 1 unspecified atom stereocenters. The highest BCUT2D eigenvalue weighted by Crippen LogP contribution is 2.61. The first-order valence-corrected chi connectivity index (χ1v) is 14.6. The van der Waals surface area contributed by atoms with E-state index in [4.69, 9.17) is 13.8 Å². The number of halogens is 5. The zero-order valence-electron chi connectivity index (χ0n) is 25.6. The number of hydrogen-bond donors (Lipinski definition) is 0. The number of esters is 1. The Hall–Kier alpha value is -3.36. The normalized spacial score (nSPS) is 16.2. The van der Waals surface area contributed by atoms with Crippen molar-refractivity contribution >= 4 is 31.5 Å². The van der Waals surface area contributed by atoms with Gasteiger partial charge < -0.3 is 14.0 Å². The van der Waals surface area contributed by atoms with Crippen molar-refractivity contribution in [1.82, 2.24) is 9.80 Å². The summed E-state index contributed by atoms with van der Waals surface area (Å²) in [5, 5.41) is -1.17. The van der Waals surface area contributed by atoms with Crippen LogP contribution in [0.3, 0.4) is 0 Å². The number of nitrogens with zero attached hydrogens (tertiary/aromatic N) is 2. The first-order valence-electron chi connectivity index (χ1n) is 13.0. The summed E-state index contributed by atoms with van der Waals surface area (Å²) in [5.74, 6) is -18.6. The monoisotopic (exact) mass is 656 g/mol. The van der Waals surface area contributed by atoms with Crippen molar-refractivity contribution in [3.05, 3.63) is 41.2 Å². The van der Waals surface area contributed by atoms with E-state index in [1.807, 2.05) is 0 Å². The Morgan fingerprint density at radius 2 is 1.27 bits per heavy atom. The van der Waals surface area contributed by atoms with E-state index >= 15 is 0 Å². The molecule has 2 rings (SSSR count). The predicted molar refractivity (Wildman–Crippen MR) is 144 cm³/mol. The molecule has 1 aromatic rings. The summed E-state index contributed by atoms with van der Waals surface area (Å²) in [4.78, 5) is 52.3. The smallest absolute Gasteiger partial charge is 0.412 e. The Kier molecular flexibility index (Phi) is 10.8. The lowest BCUT2D eigenvalue weighted by atomic mass is 10.2. The van der Waals surface area contributed by atoms with Crippen LogP contribution in [-0.2, 0) is 32.7 Å². The van der Waals surface area contributed by atoms with Gasteiger partial charge in [-0.15, -0.1) is 0 Å². The molecule has 0 spiro atoms. The lowest BCUT2D eigenvalue weighted by Gasteiger charge is -2.37. The van der Waals surface area contributed by atoms with E-state index in [-0.39, 0.29) is 4.90 Å². The molecule has 3 amide bonds. The van der Waals surface area contributed by atoms with Crippen LogP contribution in [0.25, 0.3) is 0 Å². The lowest BCUT2D eigenvalue weighted by molar-refractivity contribution is -0.153. The second kappa shape index (κ2) is 12.9. The molecule has 1 aliphatic rings. The summed E-state index contributed by atoms with van der Waals surface area (Å²) < 4.78 is 105. The third-order valence-corrected chi connectivity index (χ3v) is 8.33. The van der Waals surface area contributed by atoms with Crippen molar-refractivity contribution in [2.24, 2.45) is 0 Å². The summed E-state index contributed by atoms with van der Waals surface area (Å²) in [7, 11) is -4.11. The number of rotatable bonds is 9. The topological polar surface area (TPSA) is 129 Å². The van der Waals surface area contributed by atoms with Crippen LogP contribution >= 0.6 is 7.60 Å². The van der Waals surface area contributed by atoms with Gasteiger partial charge in [-0.2, -0.15) is 8.78 Å². The maximum Gasteiger partial charge on any atom is 0.412 e. The highest BCUT2D eigenvalue weighted by Gasteiger charge is 2.45. The molecule has 2 atom stereocenters. The number of ether oxygens (including phenoxy) is 2. The summed E-state index contributed by atoms with van der Waals surface area (Å²) in [5.41, 5.74) is -2.18. The molecule has 0 aromatic heterocycles. The lowest BCUT2D eigenvalue weighted by Crippen LogP contribution is -2.54. The van der Waals surface area contributed by atoms with Gasteiger partial charge >= 0.3 is 19.7 Å². The first kappa shape index (κ1) is 36.8. The van der Waals surface area contributed by atoms with E-state index in [1.54, 1.807) is 20.8 Å². The maximum atomic E-state index is 14.3. The molecule has 1 aromatic carbocycles. The van der Waals surface area contributed by atoms with Gasteiger partial charge in [0.1, 0.15) is 12.3 Å². The van der Waals surface area contributed by atoms with Gasteiger partial charge in [0.05, 0.1) is 17.3 Å². The van der Waals surface area contributed by atoms with Crippen LogP contribution < -0.4 is 4.74 Å². The van der Waals surface area contributed by atoms with Crippen molar-refractivity contribution in [2.75, 3.05) is 13.3 Å². The largest absolute Gasteiger partial charge is 0.444 e. The SMILES string of the molecule is CC(C)(C)OC(=O)N(COP(=O)(OC(C)(C)C)C(C)(C)C)C[C@@H](C(=O)Oc1c(F)c(F)c(F)c(F)c1F)N1C(=O)C=CC1=O. The standard InChI is InChI=1S/C27H34F5N2O9P/c1-25(2,3)42-24(38)33(13-40-44(39,27(7,8)9)43-26(4,5)6)12-14(34-15(35)10-11-16(34)36)23(37)41-22-20(31)18(29)17(28)19(30)21(22)32/h10-11,14H,12-13H2,1-9H3/t14-,44?/m0/s1. The fraction of sp³-hybridized carbons (Fsp3) is 0.556. The van der Waals surface area contributed by atoms with Crippen molar-refractivity contribution in [2.45, 2.75) is 84.7 Å². The minimum Gasteiger partial charge on any atom is -0.444 e. The van der Waals surface area contributed by atoms with Gasteiger partial charge in [0.2, 0.25) is 34.8 Å². The second-order valence-electron chi connectivity index (χ2n) is 12.5. The van der Waals surface area contributed by atoms with Crippen molar-refractivity contribution < 1.29 is 64.2 Å². The number of carbonyl (C=O) groups excluding carboxylic acids is 4. The van der Waals surface area contributed by atoms with Crippen LogP contribution in [0.5, 0.6) is 5.75 Å². The average Bonchev–Trinajstić information content (AvgIpc) is 3.18. The number of benzene rings is 1. The van der Waals surface area contributed by atoms with Gasteiger partial charge in [0.15, 0.2) is 6.04 Å². The number of hydrogen-bond acceptors (Lipinski definition) is 9. The molecule has 0 radical (unpaired) electrons. The van der Waals surface area contributed by atoms with Crippen LogP contribution in [0, 0.1) is 29.1 Å². The fourth-order valence-electron chi connectivity index (χ4n) is 3.40. The number of imide groups is 1. The summed E-state index contributed by atoms with van der Waals surface area (Å²) in [6.07, 6.45) is 0.204. The van der Waals surface area contributed by atoms with Crippen LogP contribution in [-0.4, -0.2) is 69.4 Å². The Morgan fingerprint density at radius 3 is 1.68 bits per heavy atom. The van der Waals surface area contributed by atoms with Crippen LogP contribution in [0.15, 0.2) is 12.2 Å². The summed E-state index contributed by atoms with van der Waals surface area (Å²) in [6, 6.07) is -2.26. The van der Waals surface area contributed by atoms with Crippen LogP contribution in [0.4, 0.5) is 26.7 Å². The molecule has 0 N–H and O–H groups in total. The van der Waals surface area contributed by atoms with Crippen LogP contribution in [0.1, 0.15) is 62.3 Å². The summed E-state index contributed by atoms with van der Waals surface area (Å²) >= 11 is 0. The van der Waals surface area contributed by atoms with E-state index < -0.39 is 102 Å². The minimum atomic E-state index is -4.11. The molecule has 1 aliphatic heterocycles. The van der Waals surface area contributed by atoms with Crippen LogP contribution in [0.2, 0.25) is 0 Å². The van der Waals surface area contributed by atoms with Crippen molar-refractivity contribution in [3.8, 4) is 5.75 Å². The number of amides is 3. The van der Waals surface area contributed by atoms with Gasteiger partial charge in [0.25, 0.3) is 11.8 Å².